The summed E-state index contributed by atoms with van der Waals surface area (Å²) in [5.74, 6) is -0.877. The van der Waals surface area contributed by atoms with Crippen LogP contribution in [0.2, 0.25) is 5.02 Å². The van der Waals surface area contributed by atoms with Crippen molar-refractivity contribution < 1.29 is 9.59 Å². The predicted molar refractivity (Wildman–Crippen MR) is 125 cm³/mol. The van der Waals surface area contributed by atoms with Crippen LogP contribution in [0.25, 0.3) is 0 Å². The molecule has 2 amide bonds. The highest BCUT2D eigenvalue weighted by molar-refractivity contribution is 6.30. The topological polar surface area (TPSA) is 55.9 Å². The van der Waals surface area contributed by atoms with E-state index in [1.165, 1.54) is 5.69 Å². The molecule has 0 spiro atoms. The zero-order valence-corrected chi connectivity index (χ0v) is 18.4. The Bertz CT molecular complexity index is 882. The molecule has 1 unspecified atom stereocenters. The maximum absolute atomic E-state index is 12.7. The first-order valence-electron chi connectivity index (χ1n) is 11.0. The lowest BCUT2D eigenvalue weighted by molar-refractivity contribution is -0.132. The molecular formula is C24H29ClN4O2. The molecule has 0 aliphatic carbocycles. The first-order valence-corrected chi connectivity index (χ1v) is 11.4. The van der Waals surface area contributed by atoms with Gasteiger partial charge in [0.25, 0.3) is 0 Å². The van der Waals surface area contributed by atoms with Gasteiger partial charge in [0.15, 0.2) is 0 Å². The number of benzene rings is 2. The number of amides is 2. The van der Waals surface area contributed by atoms with Crippen molar-refractivity contribution in [3.8, 4) is 0 Å². The minimum Gasteiger partial charge on any atom is -0.369 e. The summed E-state index contributed by atoms with van der Waals surface area (Å²) >= 11 is 5.92. The molecule has 2 heterocycles. The molecule has 7 heteroatoms. The molecule has 0 saturated carbocycles. The predicted octanol–water partition coefficient (Wildman–Crippen LogP) is 3.02. The van der Waals surface area contributed by atoms with E-state index in [0.29, 0.717) is 24.5 Å². The van der Waals surface area contributed by atoms with Crippen LogP contribution in [0.1, 0.15) is 12.8 Å². The average Bonchev–Trinajstić information content (AvgIpc) is 3.19. The van der Waals surface area contributed by atoms with Crippen molar-refractivity contribution in [2.45, 2.75) is 12.8 Å². The Hall–Kier alpha value is -2.57. The Morgan fingerprint density at radius 1 is 0.935 bits per heavy atom. The van der Waals surface area contributed by atoms with Crippen LogP contribution in [0.4, 0.5) is 11.4 Å². The van der Waals surface area contributed by atoms with Crippen LogP contribution >= 0.6 is 11.6 Å². The quantitative estimate of drug-likeness (QED) is 0.531. The number of piperazine rings is 1. The fourth-order valence-corrected chi connectivity index (χ4v) is 4.43. The van der Waals surface area contributed by atoms with Crippen LogP contribution in [-0.2, 0) is 9.59 Å². The third kappa shape index (κ3) is 5.38. The standard InChI is InChI=1S/C24H29ClN4O2/c25-19-7-9-21(10-8-19)29-14-11-22(24(29)31)23(30)26-12-4-13-27-15-17-28(18-16-27)20-5-2-1-3-6-20/h1-3,5-10,22H,4,11-18H2,(H,26,30). The van der Waals surface area contributed by atoms with Crippen molar-refractivity contribution in [1.29, 1.82) is 0 Å². The lowest BCUT2D eigenvalue weighted by atomic mass is 10.1. The van der Waals surface area contributed by atoms with E-state index in [1.54, 1.807) is 17.0 Å². The van der Waals surface area contributed by atoms with E-state index in [0.717, 1.165) is 44.8 Å². The first-order chi connectivity index (χ1) is 15.1. The van der Waals surface area contributed by atoms with E-state index >= 15 is 0 Å². The molecule has 0 bridgehead atoms. The van der Waals surface area contributed by atoms with Crippen LogP contribution in [0.15, 0.2) is 54.6 Å². The van der Waals surface area contributed by atoms with Crippen LogP contribution in [0.3, 0.4) is 0 Å². The fraction of sp³-hybridized carbons (Fsp3) is 0.417. The van der Waals surface area contributed by atoms with Gasteiger partial charge in [-0.25, -0.2) is 0 Å². The molecule has 2 fully saturated rings. The minimum atomic E-state index is -0.593. The van der Waals surface area contributed by atoms with Crippen molar-refractivity contribution in [2.24, 2.45) is 5.92 Å². The summed E-state index contributed by atoms with van der Waals surface area (Å²) in [6.45, 7) is 6.21. The van der Waals surface area contributed by atoms with Gasteiger partial charge in [-0.2, -0.15) is 0 Å². The second-order valence-corrected chi connectivity index (χ2v) is 8.55. The highest BCUT2D eigenvalue weighted by Crippen LogP contribution is 2.26. The molecule has 0 aromatic heterocycles. The summed E-state index contributed by atoms with van der Waals surface area (Å²) in [6.07, 6.45) is 1.44. The smallest absolute Gasteiger partial charge is 0.239 e. The number of halogens is 1. The van der Waals surface area contributed by atoms with E-state index in [-0.39, 0.29) is 11.8 Å². The number of hydrogen-bond acceptors (Lipinski definition) is 4. The highest BCUT2D eigenvalue weighted by atomic mass is 35.5. The van der Waals surface area contributed by atoms with Gasteiger partial charge >= 0.3 is 0 Å². The van der Waals surface area contributed by atoms with Crippen molar-refractivity contribution in [1.82, 2.24) is 10.2 Å². The molecule has 2 saturated heterocycles. The summed E-state index contributed by atoms with van der Waals surface area (Å²) in [7, 11) is 0. The lowest BCUT2D eigenvalue weighted by Crippen LogP contribution is -2.47. The maximum atomic E-state index is 12.7. The number of anilines is 2. The van der Waals surface area contributed by atoms with Crippen LogP contribution < -0.4 is 15.1 Å². The molecule has 2 aromatic rings. The fourth-order valence-electron chi connectivity index (χ4n) is 4.31. The molecule has 2 aliphatic heterocycles. The number of nitrogens with one attached hydrogen (secondary N) is 1. The third-order valence-corrected chi connectivity index (χ3v) is 6.36. The van der Waals surface area contributed by atoms with Gasteiger partial charge in [-0.1, -0.05) is 29.8 Å². The van der Waals surface area contributed by atoms with Gasteiger partial charge in [-0.15, -0.1) is 0 Å². The number of para-hydroxylation sites is 1. The van der Waals surface area contributed by atoms with E-state index in [1.807, 2.05) is 18.2 Å². The monoisotopic (exact) mass is 440 g/mol. The Morgan fingerprint density at radius 2 is 1.65 bits per heavy atom. The summed E-state index contributed by atoms with van der Waals surface area (Å²) in [4.78, 5) is 31.7. The molecule has 2 aliphatic rings. The van der Waals surface area contributed by atoms with Gasteiger partial charge in [-0.3, -0.25) is 14.5 Å². The van der Waals surface area contributed by atoms with Gasteiger partial charge in [0.1, 0.15) is 5.92 Å². The normalized spacial score (nSPS) is 19.6. The molecule has 164 valence electrons. The number of carbonyl (C=O) groups excluding carboxylic acids is 2. The van der Waals surface area contributed by atoms with Gasteiger partial charge in [0, 0.05) is 55.7 Å². The van der Waals surface area contributed by atoms with E-state index in [9.17, 15) is 9.59 Å². The number of rotatable bonds is 7. The highest BCUT2D eigenvalue weighted by Gasteiger charge is 2.37. The molecule has 6 nitrogen and oxygen atoms in total. The largest absolute Gasteiger partial charge is 0.369 e. The Morgan fingerprint density at radius 3 is 2.35 bits per heavy atom. The van der Waals surface area contributed by atoms with E-state index in [2.05, 4.69) is 39.4 Å². The van der Waals surface area contributed by atoms with Crippen LogP contribution in [0, 0.1) is 5.92 Å². The second-order valence-electron chi connectivity index (χ2n) is 8.12. The van der Waals surface area contributed by atoms with E-state index < -0.39 is 5.92 Å². The van der Waals surface area contributed by atoms with Crippen molar-refractivity contribution in [2.75, 3.05) is 55.6 Å². The molecule has 2 aromatic carbocycles. The van der Waals surface area contributed by atoms with Gasteiger partial charge in [0.2, 0.25) is 11.8 Å². The van der Waals surface area contributed by atoms with Gasteiger partial charge < -0.3 is 15.1 Å². The summed E-state index contributed by atoms with van der Waals surface area (Å²) in [6, 6.07) is 17.7. The zero-order valence-electron chi connectivity index (χ0n) is 17.7. The molecular weight excluding hydrogens is 412 g/mol. The van der Waals surface area contributed by atoms with Crippen LogP contribution in [-0.4, -0.2) is 62.5 Å². The van der Waals surface area contributed by atoms with Crippen molar-refractivity contribution in [3.63, 3.8) is 0 Å². The minimum absolute atomic E-state index is 0.128. The average molecular weight is 441 g/mol. The van der Waals surface area contributed by atoms with Crippen LogP contribution in [0.5, 0.6) is 0 Å². The lowest BCUT2D eigenvalue weighted by Gasteiger charge is -2.36. The molecule has 0 radical (unpaired) electrons. The first kappa shape index (κ1) is 21.7. The number of hydrogen-bond donors (Lipinski definition) is 1. The molecule has 1 N–H and O–H groups in total. The summed E-state index contributed by atoms with van der Waals surface area (Å²) < 4.78 is 0. The second kappa shape index (κ2) is 10.2. The molecule has 31 heavy (non-hydrogen) atoms. The maximum Gasteiger partial charge on any atom is 0.239 e. The molecule has 1 atom stereocenters. The van der Waals surface area contributed by atoms with Crippen molar-refractivity contribution >= 4 is 34.8 Å². The Kier molecular flexibility index (Phi) is 7.10. The third-order valence-electron chi connectivity index (χ3n) is 6.10. The van der Waals surface area contributed by atoms with E-state index in [4.69, 9.17) is 11.6 Å². The Balaban J connectivity index is 1.16. The number of carbonyl (C=O) groups is 2. The summed E-state index contributed by atoms with van der Waals surface area (Å²) in [5.41, 5.74) is 2.07. The Labute approximate surface area is 188 Å². The van der Waals surface area contributed by atoms with Gasteiger partial charge in [0.05, 0.1) is 0 Å². The molecule has 4 rings (SSSR count). The van der Waals surface area contributed by atoms with Crippen molar-refractivity contribution in [3.05, 3.63) is 59.6 Å². The zero-order chi connectivity index (χ0) is 21.6. The number of nitrogens with zero attached hydrogens (tertiary/aromatic N) is 3. The SMILES string of the molecule is O=C(NCCCN1CCN(c2ccccc2)CC1)C1CCN(c2ccc(Cl)cc2)C1=O. The summed E-state index contributed by atoms with van der Waals surface area (Å²) in [5, 5.41) is 3.60. The van der Waals surface area contributed by atoms with Gasteiger partial charge in [-0.05, 0) is 55.8 Å².